The minimum absolute atomic E-state index is 0.00961. The SMILES string of the molecule is CC(C)(C)c1nc(Cl)nc2ccsc12. The zero-order chi connectivity index (χ0) is 10.3. The molecule has 0 fully saturated rings. The Bertz CT molecular complexity index is 470. The van der Waals surface area contributed by atoms with Gasteiger partial charge in [-0.15, -0.1) is 11.3 Å². The van der Waals surface area contributed by atoms with E-state index in [0.29, 0.717) is 5.28 Å². The molecule has 0 aromatic carbocycles. The molecule has 2 heterocycles. The highest BCUT2D eigenvalue weighted by molar-refractivity contribution is 7.17. The predicted molar refractivity (Wildman–Crippen MR) is 61.1 cm³/mol. The van der Waals surface area contributed by atoms with E-state index in [9.17, 15) is 0 Å². The summed E-state index contributed by atoms with van der Waals surface area (Å²) in [4.78, 5) is 8.48. The third-order valence-electron chi connectivity index (χ3n) is 1.99. The molecule has 0 aliphatic carbocycles. The van der Waals surface area contributed by atoms with Crippen molar-refractivity contribution in [1.29, 1.82) is 0 Å². The van der Waals surface area contributed by atoms with Crippen LogP contribution in [0.4, 0.5) is 0 Å². The number of nitrogens with zero attached hydrogens (tertiary/aromatic N) is 2. The maximum Gasteiger partial charge on any atom is 0.223 e. The summed E-state index contributed by atoms with van der Waals surface area (Å²) in [5.74, 6) is 0. The maximum atomic E-state index is 5.87. The molecular weight excluding hydrogens is 216 g/mol. The van der Waals surface area contributed by atoms with E-state index in [0.717, 1.165) is 15.9 Å². The molecule has 0 radical (unpaired) electrons. The van der Waals surface area contributed by atoms with Crippen LogP contribution in [0.25, 0.3) is 10.2 Å². The fourth-order valence-corrected chi connectivity index (χ4v) is 2.55. The first-order chi connectivity index (χ1) is 6.48. The van der Waals surface area contributed by atoms with Crippen LogP contribution in [0.2, 0.25) is 5.28 Å². The molecule has 14 heavy (non-hydrogen) atoms. The Morgan fingerprint density at radius 2 is 2.00 bits per heavy atom. The third-order valence-corrected chi connectivity index (χ3v) is 3.07. The Kier molecular flexibility index (Phi) is 2.24. The molecule has 0 saturated heterocycles. The molecular formula is C10H11ClN2S. The number of thiophene rings is 1. The number of hydrogen-bond acceptors (Lipinski definition) is 3. The number of aromatic nitrogens is 2. The minimum Gasteiger partial charge on any atom is -0.221 e. The van der Waals surface area contributed by atoms with E-state index in [1.54, 1.807) is 11.3 Å². The smallest absolute Gasteiger partial charge is 0.221 e. The van der Waals surface area contributed by atoms with E-state index in [-0.39, 0.29) is 5.41 Å². The largest absolute Gasteiger partial charge is 0.223 e. The average Bonchev–Trinajstić information content (AvgIpc) is 2.47. The van der Waals surface area contributed by atoms with E-state index in [2.05, 4.69) is 30.7 Å². The first-order valence-electron chi connectivity index (χ1n) is 4.40. The zero-order valence-electron chi connectivity index (χ0n) is 8.34. The first kappa shape index (κ1) is 9.87. The molecule has 0 N–H and O–H groups in total. The van der Waals surface area contributed by atoms with Crippen LogP contribution in [-0.4, -0.2) is 9.97 Å². The molecule has 0 atom stereocenters. The van der Waals surface area contributed by atoms with Crippen LogP contribution < -0.4 is 0 Å². The summed E-state index contributed by atoms with van der Waals surface area (Å²) >= 11 is 7.54. The van der Waals surface area contributed by atoms with Crippen molar-refractivity contribution in [1.82, 2.24) is 9.97 Å². The minimum atomic E-state index is 0.00961. The lowest BCUT2D eigenvalue weighted by Crippen LogP contribution is -2.14. The summed E-state index contributed by atoms with van der Waals surface area (Å²) in [6, 6.07) is 1.98. The number of halogens is 1. The Balaban J connectivity index is 2.80. The topological polar surface area (TPSA) is 25.8 Å². The van der Waals surface area contributed by atoms with Crippen LogP contribution in [0.5, 0.6) is 0 Å². The van der Waals surface area contributed by atoms with Gasteiger partial charge in [0.1, 0.15) is 0 Å². The summed E-state index contributed by atoms with van der Waals surface area (Å²) < 4.78 is 1.14. The van der Waals surface area contributed by atoms with Crippen LogP contribution in [0.1, 0.15) is 26.5 Å². The van der Waals surface area contributed by atoms with Crippen molar-refractivity contribution in [3.8, 4) is 0 Å². The monoisotopic (exact) mass is 226 g/mol. The second kappa shape index (κ2) is 3.17. The van der Waals surface area contributed by atoms with E-state index >= 15 is 0 Å². The first-order valence-corrected chi connectivity index (χ1v) is 5.65. The fourth-order valence-electron chi connectivity index (χ4n) is 1.34. The van der Waals surface area contributed by atoms with E-state index < -0.39 is 0 Å². The summed E-state index contributed by atoms with van der Waals surface area (Å²) in [5, 5.41) is 2.35. The highest BCUT2D eigenvalue weighted by Crippen LogP contribution is 2.31. The normalized spacial score (nSPS) is 12.3. The molecule has 74 valence electrons. The van der Waals surface area contributed by atoms with Crippen LogP contribution in [-0.2, 0) is 5.41 Å². The van der Waals surface area contributed by atoms with Gasteiger partial charge in [-0.25, -0.2) is 9.97 Å². The Labute approximate surface area is 92.0 Å². The van der Waals surface area contributed by atoms with Crippen LogP contribution in [0.15, 0.2) is 11.4 Å². The van der Waals surface area contributed by atoms with Crippen molar-refractivity contribution >= 4 is 33.2 Å². The van der Waals surface area contributed by atoms with Crippen molar-refractivity contribution in [2.24, 2.45) is 0 Å². The summed E-state index contributed by atoms with van der Waals surface area (Å²) in [6.45, 7) is 6.39. The van der Waals surface area contributed by atoms with Gasteiger partial charge in [0.05, 0.1) is 15.9 Å². The van der Waals surface area contributed by atoms with Gasteiger partial charge in [-0.2, -0.15) is 0 Å². The van der Waals surface area contributed by atoms with Crippen molar-refractivity contribution in [3.63, 3.8) is 0 Å². The van der Waals surface area contributed by atoms with Gasteiger partial charge in [0.2, 0.25) is 5.28 Å². The fraction of sp³-hybridized carbons (Fsp3) is 0.400. The van der Waals surface area contributed by atoms with Crippen LogP contribution in [0, 0.1) is 0 Å². The number of fused-ring (bicyclic) bond motifs is 1. The van der Waals surface area contributed by atoms with Crippen molar-refractivity contribution in [3.05, 3.63) is 22.4 Å². The molecule has 0 aliphatic rings. The van der Waals surface area contributed by atoms with Gasteiger partial charge in [-0.3, -0.25) is 0 Å². The molecule has 0 spiro atoms. The molecule has 0 saturated carbocycles. The summed E-state index contributed by atoms with van der Waals surface area (Å²) in [7, 11) is 0. The Hall–Kier alpha value is -0.670. The lowest BCUT2D eigenvalue weighted by Gasteiger charge is -2.18. The molecule has 0 bridgehead atoms. The van der Waals surface area contributed by atoms with Gasteiger partial charge in [-0.1, -0.05) is 20.8 Å². The Morgan fingerprint density at radius 1 is 1.29 bits per heavy atom. The predicted octanol–water partition coefficient (Wildman–Crippen LogP) is 3.64. The summed E-state index contributed by atoms with van der Waals surface area (Å²) in [5.41, 5.74) is 1.98. The van der Waals surface area contributed by atoms with Crippen LogP contribution in [0.3, 0.4) is 0 Å². The zero-order valence-corrected chi connectivity index (χ0v) is 9.91. The van der Waals surface area contributed by atoms with E-state index in [1.807, 2.05) is 11.4 Å². The molecule has 2 aromatic rings. The average molecular weight is 227 g/mol. The van der Waals surface area contributed by atoms with Gasteiger partial charge in [0.15, 0.2) is 0 Å². The van der Waals surface area contributed by atoms with Gasteiger partial charge >= 0.3 is 0 Å². The van der Waals surface area contributed by atoms with Crippen molar-refractivity contribution in [2.75, 3.05) is 0 Å². The highest BCUT2D eigenvalue weighted by Gasteiger charge is 2.20. The quantitative estimate of drug-likeness (QED) is 0.641. The Morgan fingerprint density at radius 3 is 2.64 bits per heavy atom. The number of hydrogen-bond donors (Lipinski definition) is 0. The molecule has 0 amide bonds. The number of rotatable bonds is 0. The lowest BCUT2D eigenvalue weighted by molar-refractivity contribution is 0.575. The molecule has 2 aromatic heterocycles. The van der Waals surface area contributed by atoms with Crippen molar-refractivity contribution < 1.29 is 0 Å². The molecule has 4 heteroatoms. The maximum absolute atomic E-state index is 5.87. The van der Waals surface area contributed by atoms with Crippen molar-refractivity contribution in [2.45, 2.75) is 26.2 Å². The highest BCUT2D eigenvalue weighted by atomic mass is 35.5. The summed E-state index contributed by atoms with van der Waals surface area (Å²) in [6.07, 6.45) is 0. The third kappa shape index (κ3) is 1.62. The van der Waals surface area contributed by atoms with E-state index in [4.69, 9.17) is 11.6 Å². The lowest BCUT2D eigenvalue weighted by atomic mass is 9.92. The second-order valence-electron chi connectivity index (χ2n) is 4.23. The standard InChI is InChI=1S/C10H11ClN2S/c1-10(2,3)8-7-6(4-5-14-7)12-9(11)13-8/h4-5H,1-3H3. The van der Waals surface area contributed by atoms with Crippen LogP contribution >= 0.6 is 22.9 Å². The van der Waals surface area contributed by atoms with Gasteiger partial charge in [0.25, 0.3) is 0 Å². The molecule has 2 nitrogen and oxygen atoms in total. The van der Waals surface area contributed by atoms with E-state index in [1.165, 1.54) is 0 Å². The van der Waals surface area contributed by atoms with Gasteiger partial charge < -0.3 is 0 Å². The molecule has 0 unspecified atom stereocenters. The van der Waals surface area contributed by atoms with Gasteiger partial charge in [-0.05, 0) is 23.0 Å². The second-order valence-corrected chi connectivity index (χ2v) is 5.48. The van der Waals surface area contributed by atoms with Gasteiger partial charge in [0, 0.05) is 5.41 Å². The molecule has 0 aliphatic heterocycles. The molecule has 2 rings (SSSR count).